The zero-order chi connectivity index (χ0) is 47.1. The first kappa shape index (κ1) is 49.0. The molecule has 0 spiro atoms. The van der Waals surface area contributed by atoms with Crippen molar-refractivity contribution in [2.24, 2.45) is 0 Å². The maximum Gasteiger partial charge on any atom is 0.338 e. The van der Waals surface area contributed by atoms with E-state index in [2.05, 4.69) is 0 Å². The van der Waals surface area contributed by atoms with Gasteiger partial charge in [0.05, 0.1) is 108 Å². The summed E-state index contributed by atoms with van der Waals surface area (Å²) in [4.78, 5) is 55.7. The van der Waals surface area contributed by atoms with Crippen LogP contribution in [0.1, 0.15) is 41.4 Å². The van der Waals surface area contributed by atoms with Crippen molar-refractivity contribution in [2.45, 2.75) is 12.2 Å². The van der Waals surface area contributed by atoms with Gasteiger partial charge in [-0.05, 0) is 48.5 Å². The van der Waals surface area contributed by atoms with E-state index in [0.29, 0.717) is 0 Å². The number of benzene rings is 4. The SMILES string of the molecule is COc1cc(C(=O)OCC(OC(=O)c2cc(OC)c(OC)c(OC)c2)C(COC(=O)c2cc(OC)c(OC)c(OC)c2)OC(=O)c2cc(OC)c(OC)c(OC)c2)cc(OC)c1OC. The summed E-state index contributed by atoms with van der Waals surface area (Å²) < 4.78 is 88.1. The van der Waals surface area contributed by atoms with Gasteiger partial charge in [0.15, 0.2) is 58.2 Å². The first-order valence-electron chi connectivity index (χ1n) is 18.8. The number of rotatable bonds is 23. The summed E-state index contributed by atoms with van der Waals surface area (Å²) in [5, 5.41) is 0. The van der Waals surface area contributed by atoms with E-state index in [1.165, 1.54) is 134 Å². The lowest BCUT2D eigenvalue weighted by atomic mass is 10.1. The molecule has 0 aliphatic carbocycles. The minimum absolute atomic E-state index is 0.0657. The highest BCUT2D eigenvalue weighted by Gasteiger charge is 2.35. The molecule has 4 aromatic carbocycles. The number of hydrogen-bond donors (Lipinski definition) is 0. The molecule has 0 N–H and O–H groups in total. The van der Waals surface area contributed by atoms with Crippen LogP contribution in [0.25, 0.3) is 0 Å². The lowest BCUT2D eigenvalue weighted by Crippen LogP contribution is -2.42. The molecule has 20 heteroatoms. The van der Waals surface area contributed by atoms with Crippen molar-refractivity contribution >= 4 is 23.9 Å². The maximum atomic E-state index is 14.1. The Morgan fingerprint density at radius 1 is 0.312 bits per heavy atom. The Kier molecular flexibility index (Phi) is 17.6. The van der Waals surface area contributed by atoms with E-state index in [-0.39, 0.29) is 91.2 Å². The molecule has 0 aliphatic rings. The van der Waals surface area contributed by atoms with E-state index in [1.807, 2.05) is 0 Å². The first-order valence-corrected chi connectivity index (χ1v) is 18.8. The molecule has 0 amide bonds. The Morgan fingerprint density at radius 3 is 0.672 bits per heavy atom. The highest BCUT2D eigenvalue weighted by Crippen LogP contribution is 2.42. The number of ether oxygens (including phenoxy) is 16. The van der Waals surface area contributed by atoms with Crippen LogP contribution in [0.15, 0.2) is 48.5 Å². The van der Waals surface area contributed by atoms with E-state index in [1.54, 1.807) is 0 Å². The molecule has 0 saturated carbocycles. The molecule has 0 fully saturated rings. The summed E-state index contributed by atoms with van der Waals surface area (Å²) in [6.45, 7) is -1.58. The Bertz CT molecular complexity index is 2030. The van der Waals surface area contributed by atoms with Gasteiger partial charge in [-0.15, -0.1) is 0 Å². The van der Waals surface area contributed by atoms with E-state index in [4.69, 9.17) is 75.8 Å². The standard InChI is InChI=1S/C44H50O20/c1-49-27-13-23(14-28(50-2)37(27)57-9)41(45)61-21-35(63-43(47)25-17-31(53-5)39(59-11)32(18-25)54-6)36(64-44(48)26-19-33(55-7)40(60-12)34(20-26)56-8)22-62-42(46)24-15-29(51-3)38(58-10)30(16-24)52-4/h13-20,35-36H,21-22H2,1-12H3. The molecule has 2 atom stereocenters. The Hall–Kier alpha value is -7.64. The van der Waals surface area contributed by atoms with Gasteiger partial charge in [0.2, 0.25) is 23.0 Å². The molecule has 4 rings (SSSR count). The maximum absolute atomic E-state index is 14.1. The summed E-state index contributed by atoms with van der Waals surface area (Å²) in [5.41, 5.74) is -0.382. The molecular weight excluding hydrogens is 848 g/mol. The molecule has 0 saturated heterocycles. The molecule has 346 valence electrons. The van der Waals surface area contributed by atoms with Gasteiger partial charge in [0.1, 0.15) is 13.2 Å². The van der Waals surface area contributed by atoms with Crippen molar-refractivity contribution in [3.8, 4) is 69.0 Å². The van der Waals surface area contributed by atoms with Gasteiger partial charge >= 0.3 is 23.9 Å². The Labute approximate surface area is 368 Å². The molecule has 0 radical (unpaired) electrons. The fraction of sp³-hybridized carbons (Fsp3) is 0.364. The topological polar surface area (TPSA) is 216 Å². The van der Waals surface area contributed by atoms with Crippen LogP contribution in [0.4, 0.5) is 0 Å². The summed E-state index contributed by atoms with van der Waals surface area (Å²) in [6, 6.07) is 10.6. The van der Waals surface area contributed by atoms with E-state index in [0.717, 1.165) is 0 Å². The molecule has 20 nitrogen and oxygen atoms in total. The largest absolute Gasteiger partial charge is 0.493 e. The lowest BCUT2D eigenvalue weighted by Gasteiger charge is -2.27. The Morgan fingerprint density at radius 2 is 0.500 bits per heavy atom. The zero-order valence-corrected chi connectivity index (χ0v) is 37.4. The summed E-state index contributed by atoms with van der Waals surface area (Å²) >= 11 is 0. The van der Waals surface area contributed by atoms with Crippen LogP contribution in [0.5, 0.6) is 69.0 Å². The number of hydrogen-bond acceptors (Lipinski definition) is 20. The molecule has 0 bridgehead atoms. The summed E-state index contributed by atoms with van der Waals surface area (Å²) in [7, 11) is 16.4. The molecular formula is C44H50O20. The second-order valence-electron chi connectivity index (χ2n) is 12.7. The highest BCUT2D eigenvalue weighted by atomic mass is 16.6. The predicted molar refractivity (Wildman–Crippen MR) is 223 cm³/mol. The van der Waals surface area contributed by atoms with Crippen molar-refractivity contribution in [2.75, 3.05) is 98.5 Å². The minimum Gasteiger partial charge on any atom is -0.493 e. The highest BCUT2D eigenvalue weighted by molar-refractivity contribution is 5.94. The van der Waals surface area contributed by atoms with Gasteiger partial charge in [-0.3, -0.25) is 0 Å². The van der Waals surface area contributed by atoms with Crippen molar-refractivity contribution in [3.63, 3.8) is 0 Å². The third kappa shape index (κ3) is 11.0. The fourth-order valence-electron chi connectivity index (χ4n) is 6.12. The van der Waals surface area contributed by atoms with Crippen molar-refractivity contribution in [1.82, 2.24) is 0 Å². The van der Waals surface area contributed by atoms with Crippen LogP contribution < -0.4 is 56.8 Å². The summed E-state index contributed by atoms with van der Waals surface area (Å²) in [6.07, 6.45) is -3.42. The third-order valence-electron chi connectivity index (χ3n) is 9.29. The average molecular weight is 899 g/mol. The van der Waals surface area contributed by atoms with Gasteiger partial charge in [-0.25, -0.2) is 19.2 Å². The van der Waals surface area contributed by atoms with Crippen LogP contribution >= 0.6 is 0 Å². The molecule has 0 aromatic heterocycles. The van der Waals surface area contributed by atoms with Crippen molar-refractivity contribution in [3.05, 3.63) is 70.8 Å². The van der Waals surface area contributed by atoms with Gasteiger partial charge in [-0.1, -0.05) is 0 Å². The normalized spacial score (nSPS) is 11.4. The van der Waals surface area contributed by atoms with Crippen molar-refractivity contribution < 1.29 is 95.0 Å². The molecule has 0 heterocycles. The van der Waals surface area contributed by atoms with Crippen LogP contribution in [-0.2, 0) is 18.9 Å². The molecule has 4 aromatic rings. The molecule has 64 heavy (non-hydrogen) atoms. The van der Waals surface area contributed by atoms with Crippen LogP contribution in [0, 0.1) is 0 Å². The second-order valence-corrected chi connectivity index (χ2v) is 12.7. The lowest BCUT2D eigenvalue weighted by molar-refractivity contribution is -0.0753. The van der Waals surface area contributed by atoms with Gasteiger partial charge < -0.3 is 75.8 Å². The average Bonchev–Trinajstić information content (AvgIpc) is 3.33. The Balaban J connectivity index is 1.85. The number of esters is 4. The van der Waals surface area contributed by atoms with Gasteiger partial charge in [-0.2, -0.15) is 0 Å². The molecule has 0 aliphatic heterocycles. The minimum atomic E-state index is -1.71. The quantitative estimate of drug-likeness (QED) is 0.0686. The van der Waals surface area contributed by atoms with Gasteiger partial charge in [0, 0.05) is 0 Å². The predicted octanol–water partition coefficient (Wildman–Crippen LogP) is 5.25. The van der Waals surface area contributed by atoms with Crippen LogP contribution in [0.3, 0.4) is 0 Å². The number of carbonyl (C=O) groups is 4. The monoisotopic (exact) mass is 898 g/mol. The van der Waals surface area contributed by atoms with Gasteiger partial charge in [0.25, 0.3) is 0 Å². The fourth-order valence-corrected chi connectivity index (χ4v) is 6.12. The van der Waals surface area contributed by atoms with Crippen LogP contribution in [-0.4, -0.2) is 135 Å². The first-order chi connectivity index (χ1) is 30.8. The zero-order valence-electron chi connectivity index (χ0n) is 37.4. The third-order valence-corrected chi connectivity index (χ3v) is 9.29. The molecule has 2 unspecified atom stereocenters. The van der Waals surface area contributed by atoms with E-state index in [9.17, 15) is 19.2 Å². The smallest absolute Gasteiger partial charge is 0.338 e. The van der Waals surface area contributed by atoms with Crippen LogP contribution in [0.2, 0.25) is 0 Å². The van der Waals surface area contributed by atoms with Crippen molar-refractivity contribution in [1.29, 1.82) is 0 Å². The second kappa shape index (κ2) is 23.0. The number of carbonyl (C=O) groups excluding carboxylic acids is 4. The van der Waals surface area contributed by atoms with E-state index >= 15 is 0 Å². The van der Waals surface area contributed by atoms with E-state index < -0.39 is 49.3 Å². The number of methoxy groups -OCH3 is 12. The summed E-state index contributed by atoms with van der Waals surface area (Å²) in [5.74, 6) is -2.32.